The topological polar surface area (TPSA) is 113 Å². The Balaban J connectivity index is 2.04. The van der Waals surface area contributed by atoms with E-state index < -0.39 is 18.4 Å². The second-order valence-corrected chi connectivity index (χ2v) is 6.17. The quantitative estimate of drug-likeness (QED) is 0.697. The number of hydrogen-bond donors (Lipinski definition) is 3. The van der Waals surface area contributed by atoms with Crippen LogP contribution in [0.25, 0.3) is 11.2 Å². The largest absolute Gasteiger partial charge is 0.394 e. The fourth-order valence-electron chi connectivity index (χ4n) is 2.51. The van der Waals surface area contributed by atoms with Crippen molar-refractivity contribution in [3.63, 3.8) is 0 Å². The average Bonchev–Trinajstić information content (AvgIpc) is 3.03. The first-order valence-corrected chi connectivity index (χ1v) is 7.68. The molecule has 1 aliphatic heterocycles. The molecule has 0 bridgehead atoms. The van der Waals surface area contributed by atoms with Crippen molar-refractivity contribution in [1.82, 2.24) is 19.5 Å². The minimum Gasteiger partial charge on any atom is -0.394 e. The number of aromatic nitrogens is 4. The van der Waals surface area contributed by atoms with Gasteiger partial charge in [-0.25, -0.2) is 9.97 Å². The molecule has 0 saturated carbocycles. The Morgan fingerprint density at radius 3 is 3.05 bits per heavy atom. The van der Waals surface area contributed by atoms with Gasteiger partial charge in [-0.1, -0.05) is 6.92 Å². The van der Waals surface area contributed by atoms with Gasteiger partial charge < -0.3 is 19.9 Å². The minimum atomic E-state index is -0.788. The fourth-order valence-corrected chi connectivity index (χ4v) is 3.63. The monoisotopic (exact) mass is 312 g/mol. The predicted octanol–water partition coefficient (Wildman–Crippen LogP) is -0.508. The highest BCUT2D eigenvalue weighted by Crippen LogP contribution is 2.38. The molecule has 3 heterocycles. The Hall–Kier alpha value is -1.42. The summed E-state index contributed by atoms with van der Waals surface area (Å²) in [6, 6.07) is 0. The molecule has 1 fully saturated rings. The van der Waals surface area contributed by atoms with Gasteiger partial charge in [0.1, 0.15) is 6.10 Å². The van der Waals surface area contributed by atoms with E-state index in [9.17, 15) is 15.0 Å². The molecule has 3 N–H and O–H groups in total. The summed E-state index contributed by atoms with van der Waals surface area (Å²) in [6.45, 7) is 1.72. The van der Waals surface area contributed by atoms with Gasteiger partial charge in [-0.2, -0.15) is 11.8 Å². The van der Waals surface area contributed by atoms with Crippen molar-refractivity contribution in [3.05, 3.63) is 23.0 Å². The second-order valence-electron chi connectivity index (χ2n) is 4.71. The van der Waals surface area contributed by atoms with Gasteiger partial charge in [-0.3, -0.25) is 9.36 Å². The van der Waals surface area contributed by atoms with E-state index in [1.165, 1.54) is 24.4 Å². The molecule has 8 nitrogen and oxygen atoms in total. The number of imidazole rings is 1. The van der Waals surface area contributed by atoms with Gasteiger partial charge in [0.25, 0.3) is 5.56 Å². The summed E-state index contributed by atoms with van der Waals surface area (Å²) in [6.07, 6.45) is 0.816. The number of ether oxygens (including phenoxy) is 1. The van der Waals surface area contributed by atoms with Gasteiger partial charge in [0, 0.05) is 0 Å². The summed E-state index contributed by atoms with van der Waals surface area (Å²) >= 11 is 1.54. The van der Waals surface area contributed by atoms with Gasteiger partial charge in [-0.15, -0.1) is 0 Å². The zero-order valence-electron chi connectivity index (χ0n) is 11.3. The van der Waals surface area contributed by atoms with Crippen LogP contribution in [0.3, 0.4) is 0 Å². The molecule has 0 spiro atoms. The maximum absolute atomic E-state index is 11.7. The maximum Gasteiger partial charge on any atom is 0.278 e. The lowest BCUT2D eigenvalue weighted by molar-refractivity contribution is -0.0430. The van der Waals surface area contributed by atoms with Crippen LogP contribution in [0.15, 0.2) is 17.4 Å². The van der Waals surface area contributed by atoms with Gasteiger partial charge in [0.15, 0.2) is 17.4 Å². The van der Waals surface area contributed by atoms with Crippen molar-refractivity contribution in [2.75, 3.05) is 12.4 Å². The Kier molecular flexibility index (Phi) is 3.98. The summed E-state index contributed by atoms with van der Waals surface area (Å²) in [5.41, 5.74) is 0.301. The Morgan fingerprint density at radius 1 is 1.52 bits per heavy atom. The lowest BCUT2D eigenvalue weighted by atomic mass is 10.2. The molecule has 1 aliphatic rings. The number of hydrogen-bond acceptors (Lipinski definition) is 7. The van der Waals surface area contributed by atoms with Crippen LogP contribution in [-0.4, -0.2) is 59.5 Å². The zero-order chi connectivity index (χ0) is 15.0. The number of aliphatic hydroxyl groups is 2. The van der Waals surface area contributed by atoms with E-state index in [0.29, 0.717) is 5.65 Å². The molecule has 0 amide bonds. The van der Waals surface area contributed by atoms with Crippen molar-refractivity contribution < 1.29 is 14.9 Å². The summed E-state index contributed by atoms with van der Waals surface area (Å²) in [4.78, 5) is 22.3. The maximum atomic E-state index is 11.7. The van der Waals surface area contributed by atoms with Crippen LogP contribution in [0.2, 0.25) is 0 Å². The Bertz CT molecular complexity index is 687. The average molecular weight is 312 g/mol. The lowest BCUT2D eigenvalue weighted by Crippen LogP contribution is -2.31. The molecule has 0 aliphatic carbocycles. The van der Waals surface area contributed by atoms with Crippen molar-refractivity contribution in [3.8, 4) is 0 Å². The molecule has 3 rings (SSSR count). The molecular formula is C12H16N4O4S. The highest BCUT2D eigenvalue weighted by Gasteiger charge is 2.44. The second kappa shape index (κ2) is 5.76. The number of aliphatic hydroxyl groups excluding tert-OH is 2. The Morgan fingerprint density at radius 2 is 2.33 bits per heavy atom. The minimum absolute atomic E-state index is 0.225. The summed E-state index contributed by atoms with van der Waals surface area (Å²) in [5.74, 6) is 0.792. The van der Waals surface area contributed by atoms with Crippen LogP contribution in [-0.2, 0) is 4.74 Å². The highest BCUT2D eigenvalue weighted by atomic mass is 32.2. The first-order valence-electron chi connectivity index (χ1n) is 6.63. The van der Waals surface area contributed by atoms with E-state index in [1.807, 2.05) is 6.92 Å². The third kappa shape index (κ3) is 2.35. The smallest absolute Gasteiger partial charge is 0.278 e. The highest BCUT2D eigenvalue weighted by molar-refractivity contribution is 7.99. The number of fused-ring (bicyclic) bond motifs is 1. The van der Waals surface area contributed by atoms with Crippen LogP contribution >= 0.6 is 11.8 Å². The van der Waals surface area contributed by atoms with E-state index in [0.717, 1.165) is 5.75 Å². The molecule has 4 atom stereocenters. The number of aromatic amines is 1. The van der Waals surface area contributed by atoms with Gasteiger partial charge >= 0.3 is 0 Å². The van der Waals surface area contributed by atoms with Gasteiger partial charge in [0.2, 0.25) is 0 Å². The van der Waals surface area contributed by atoms with Crippen LogP contribution in [0.5, 0.6) is 0 Å². The number of H-pyrrole nitrogens is 1. The fraction of sp³-hybridized carbons (Fsp3) is 0.583. The standard InChI is InChI=1S/C12H16N4O4S/c1-2-21-9-8(18)6(3-17)20-12(9)16-5-15-7-10(16)13-4-14-11(7)19/h4-6,8-9,12,17-18H,2-3H2,1H3,(H,13,14,19)/t6-,8-,9+,12-/m0/s1. The third-order valence-corrected chi connectivity index (χ3v) is 4.72. The number of nitrogens with one attached hydrogen (secondary N) is 1. The van der Waals surface area contributed by atoms with Crippen LogP contribution in [0, 0.1) is 0 Å². The zero-order valence-corrected chi connectivity index (χ0v) is 12.2. The molecule has 114 valence electrons. The van der Waals surface area contributed by atoms with Crippen molar-refractivity contribution in [1.29, 1.82) is 0 Å². The molecule has 1 saturated heterocycles. The molecule has 21 heavy (non-hydrogen) atoms. The van der Waals surface area contributed by atoms with Crippen LogP contribution in [0.4, 0.5) is 0 Å². The van der Waals surface area contributed by atoms with Crippen molar-refractivity contribution in [2.24, 2.45) is 0 Å². The molecule has 9 heteroatoms. The number of nitrogens with zero attached hydrogens (tertiary/aromatic N) is 3. The lowest BCUT2D eigenvalue weighted by Gasteiger charge is -2.20. The molecule has 2 aromatic heterocycles. The molecule has 0 radical (unpaired) electrons. The van der Waals surface area contributed by atoms with Crippen LogP contribution < -0.4 is 5.56 Å². The van der Waals surface area contributed by atoms with E-state index in [-0.39, 0.29) is 22.9 Å². The molecule has 0 unspecified atom stereocenters. The molecule has 2 aromatic rings. The van der Waals surface area contributed by atoms with Gasteiger partial charge in [0.05, 0.1) is 30.6 Å². The normalized spacial score (nSPS) is 29.3. The van der Waals surface area contributed by atoms with Gasteiger partial charge in [-0.05, 0) is 5.75 Å². The first kappa shape index (κ1) is 14.5. The number of rotatable bonds is 4. The third-order valence-electron chi connectivity index (χ3n) is 3.49. The number of thioether (sulfide) groups is 1. The van der Waals surface area contributed by atoms with E-state index in [2.05, 4.69) is 15.0 Å². The summed E-state index contributed by atoms with van der Waals surface area (Å²) in [7, 11) is 0. The molecular weight excluding hydrogens is 296 g/mol. The molecule has 0 aromatic carbocycles. The van der Waals surface area contributed by atoms with E-state index in [1.54, 1.807) is 4.57 Å². The van der Waals surface area contributed by atoms with Crippen molar-refractivity contribution in [2.45, 2.75) is 30.6 Å². The SMILES string of the molecule is CCS[C@@H]1[C@@H](O)[C@H](CO)O[C@@H]1n1cnc2c(=O)[nH]cnc21. The van der Waals surface area contributed by atoms with E-state index >= 15 is 0 Å². The van der Waals surface area contributed by atoms with Crippen LogP contribution in [0.1, 0.15) is 13.2 Å². The predicted molar refractivity (Wildman–Crippen MR) is 77.1 cm³/mol. The van der Waals surface area contributed by atoms with E-state index in [4.69, 9.17) is 4.74 Å². The summed E-state index contributed by atoms with van der Waals surface area (Å²) < 4.78 is 7.37. The Labute approximate surface area is 124 Å². The summed E-state index contributed by atoms with van der Waals surface area (Å²) in [5, 5.41) is 19.3. The first-order chi connectivity index (χ1) is 10.2. The van der Waals surface area contributed by atoms with Crippen molar-refractivity contribution >= 4 is 22.9 Å².